The summed E-state index contributed by atoms with van der Waals surface area (Å²) in [6.45, 7) is -0.400. The summed E-state index contributed by atoms with van der Waals surface area (Å²) in [7, 11) is 2.95. The maximum absolute atomic E-state index is 12.4. The summed E-state index contributed by atoms with van der Waals surface area (Å²) in [5.41, 5.74) is 1.70. The second-order valence-corrected chi connectivity index (χ2v) is 4.77. The Balaban J connectivity index is 1.98. The van der Waals surface area contributed by atoms with Crippen LogP contribution in [-0.2, 0) is 17.5 Å². The number of alkyl halides is 3. The number of benzene rings is 1. The standard InChI is InChI=1S/C15H15F3N4O3/c1-24-11-5-3-4-10(14(11)25-2)8-19-20-13(23)9-22-7-6-12(21-22)15(16,17)18/h3-8H,9H2,1-2H3,(H,20,23)/b19-8+. The predicted octanol–water partition coefficient (Wildman–Crippen LogP) is 2.07. The molecule has 7 nitrogen and oxygen atoms in total. The highest BCUT2D eigenvalue weighted by molar-refractivity contribution is 5.86. The molecule has 2 aromatic rings. The van der Waals surface area contributed by atoms with Gasteiger partial charge in [-0.1, -0.05) is 6.07 Å². The molecule has 0 bridgehead atoms. The molecule has 0 aliphatic carbocycles. The molecule has 1 N–H and O–H groups in total. The fraction of sp³-hybridized carbons (Fsp3) is 0.267. The fourth-order valence-corrected chi connectivity index (χ4v) is 1.97. The van der Waals surface area contributed by atoms with Gasteiger partial charge in [0, 0.05) is 11.8 Å². The molecule has 1 aromatic carbocycles. The van der Waals surface area contributed by atoms with Crippen molar-refractivity contribution in [3.63, 3.8) is 0 Å². The van der Waals surface area contributed by atoms with Gasteiger partial charge < -0.3 is 9.47 Å². The van der Waals surface area contributed by atoms with E-state index in [1.54, 1.807) is 18.2 Å². The number of nitrogens with zero attached hydrogens (tertiary/aromatic N) is 3. The summed E-state index contributed by atoms with van der Waals surface area (Å²) >= 11 is 0. The highest BCUT2D eigenvalue weighted by Gasteiger charge is 2.33. The lowest BCUT2D eigenvalue weighted by molar-refractivity contribution is -0.141. The van der Waals surface area contributed by atoms with E-state index < -0.39 is 24.3 Å². The summed E-state index contributed by atoms with van der Waals surface area (Å²) in [6, 6.07) is 5.90. The smallest absolute Gasteiger partial charge is 0.435 e. The summed E-state index contributed by atoms with van der Waals surface area (Å²) in [5, 5.41) is 7.03. The van der Waals surface area contributed by atoms with Gasteiger partial charge in [0.2, 0.25) is 0 Å². The van der Waals surface area contributed by atoms with Crippen molar-refractivity contribution in [2.75, 3.05) is 14.2 Å². The normalized spacial score (nSPS) is 11.6. The first-order valence-electron chi connectivity index (χ1n) is 6.98. The van der Waals surface area contributed by atoms with Crippen LogP contribution in [0.3, 0.4) is 0 Å². The number of rotatable bonds is 6. The summed E-state index contributed by atoms with van der Waals surface area (Å²) in [6.07, 6.45) is -2.15. The van der Waals surface area contributed by atoms with Gasteiger partial charge in [0.05, 0.1) is 20.4 Å². The first-order chi connectivity index (χ1) is 11.8. The largest absolute Gasteiger partial charge is 0.493 e. The molecule has 1 heterocycles. The van der Waals surface area contributed by atoms with Gasteiger partial charge in [0.15, 0.2) is 17.2 Å². The molecule has 0 radical (unpaired) electrons. The van der Waals surface area contributed by atoms with Crippen LogP contribution in [0.25, 0.3) is 0 Å². The lowest BCUT2D eigenvalue weighted by Crippen LogP contribution is -2.23. The van der Waals surface area contributed by atoms with Crippen molar-refractivity contribution in [3.8, 4) is 11.5 Å². The molecule has 2 rings (SSSR count). The molecule has 0 unspecified atom stereocenters. The van der Waals surface area contributed by atoms with Crippen molar-refractivity contribution in [3.05, 3.63) is 41.7 Å². The number of aromatic nitrogens is 2. The minimum Gasteiger partial charge on any atom is -0.493 e. The monoisotopic (exact) mass is 356 g/mol. The molecule has 1 amide bonds. The van der Waals surface area contributed by atoms with Gasteiger partial charge in [0.1, 0.15) is 6.54 Å². The van der Waals surface area contributed by atoms with Crippen molar-refractivity contribution in [2.24, 2.45) is 5.10 Å². The van der Waals surface area contributed by atoms with Crippen LogP contribution in [-0.4, -0.2) is 36.1 Å². The molecule has 25 heavy (non-hydrogen) atoms. The predicted molar refractivity (Wildman–Crippen MR) is 82.5 cm³/mol. The molecule has 0 fully saturated rings. The van der Waals surface area contributed by atoms with E-state index in [0.717, 1.165) is 16.9 Å². The average Bonchev–Trinajstić information content (AvgIpc) is 3.03. The molecule has 0 spiro atoms. The van der Waals surface area contributed by atoms with E-state index in [0.29, 0.717) is 17.1 Å². The second kappa shape index (κ2) is 7.69. The molecule has 0 saturated heterocycles. The number of nitrogens with one attached hydrogen (secondary N) is 1. The zero-order valence-corrected chi connectivity index (χ0v) is 13.4. The minimum atomic E-state index is -4.55. The van der Waals surface area contributed by atoms with E-state index >= 15 is 0 Å². The van der Waals surface area contributed by atoms with Crippen LogP contribution >= 0.6 is 0 Å². The number of hydrazone groups is 1. The lowest BCUT2D eigenvalue weighted by atomic mass is 10.2. The Morgan fingerprint density at radius 2 is 2.08 bits per heavy atom. The average molecular weight is 356 g/mol. The number of hydrogen-bond acceptors (Lipinski definition) is 5. The van der Waals surface area contributed by atoms with Gasteiger partial charge in [-0.2, -0.15) is 23.4 Å². The van der Waals surface area contributed by atoms with Crippen LogP contribution in [0, 0.1) is 0 Å². The van der Waals surface area contributed by atoms with Crippen LogP contribution in [0.15, 0.2) is 35.6 Å². The second-order valence-electron chi connectivity index (χ2n) is 4.77. The molecular formula is C15H15F3N4O3. The van der Waals surface area contributed by atoms with E-state index in [-0.39, 0.29) is 0 Å². The zero-order chi connectivity index (χ0) is 18.4. The summed E-state index contributed by atoms with van der Waals surface area (Å²) < 4.78 is 48.5. The van der Waals surface area contributed by atoms with Gasteiger partial charge >= 0.3 is 6.18 Å². The lowest BCUT2D eigenvalue weighted by Gasteiger charge is -2.09. The first-order valence-corrected chi connectivity index (χ1v) is 6.98. The number of ether oxygens (including phenoxy) is 2. The van der Waals surface area contributed by atoms with Crippen LogP contribution in [0.5, 0.6) is 11.5 Å². The van der Waals surface area contributed by atoms with Crippen LogP contribution in [0.2, 0.25) is 0 Å². The van der Waals surface area contributed by atoms with Gasteiger partial charge in [-0.25, -0.2) is 5.43 Å². The number of amides is 1. The van der Waals surface area contributed by atoms with E-state index in [1.807, 2.05) is 0 Å². The van der Waals surface area contributed by atoms with E-state index in [2.05, 4.69) is 15.6 Å². The van der Waals surface area contributed by atoms with Crippen molar-refractivity contribution in [1.29, 1.82) is 0 Å². The molecule has 0 saturated carbocycles. The Morgan fingerprint density at radius 3 is 2.68 bits per heavy atom. The van der Waals surface area contributed by atoms with Crippen molar-refractivity contribution >= 4 is 12.1 Å². The molecule has 0 aliphatic rings. The Bertz CT molecular complexity index is 772. The quantitative estimate of drug-likeness (QED) is 0.635. The number of methoxy groups -OCH3 is 2. The van der Waals surface area contributed by atoms with Gasteiger partial charge in [-0.05, 0) is 18.2 Å². The van der Waals surface area contributed by atoms with Gasteiger partial charge in [-0.3, -0.25) is 9.48 Å². The molecule has 134 valence electrons. The number of carbonyl (C=O) groups is 1. The van der Waals surface area contributed by atoms with Crippen LogP contribution in [0.1, 0.15) is 11.3 Å². The number of hydrogen-bond donors (Lipinski definition) is 1. The van der Waals surface area contributed by atoms with Gasteiger partial charge in [-0.15, -0.1) is 0 Å². The van der Waals surface area contributed by atoms with Crippen molar-refractivity contribution < 1.29 is 27.4 Å². The third-order valence-electron chi connectivity index (χ3n) is 3.06. The Morgan fingerprint density at radius 1 is 1.32 bits per heavy atom. The van der Waals surface area contributed by atoms with E-state index in [4.69, 9.17) is 9.47 Å². The third kappa shape index (κ3) is 4.72. The molecule has 0 aliphatic heterocycles. The van der Waals surface area contributed by atoms with E-state index in [9.17, 15) is 18.0 Å². The van der Waals surface area contributed by atoms with Crippen molar-refractivity contribution in [1.82, 2.24) is 15.2 Å². The Hall–Kier alpha value is -3.04. The first kappa shape index (κ1) is 18.3. The van der Waals surface area contributed by atoms with Crippen LogP contribution < -0.4 is 14.9 Å². The summed E-state index contributed by atoms with van der Waals surface area (Å²) in [5.74, 6) is 0.300. The SMILES string of the molecule is COc1cccc(/C=N/NC(=O)Cn2ccc(C(F)(F)F)n2)c1OC. The minimum absolute atomic E-state index is 0.400. The highest BCUT2D eigenvalue weighted by atomic mass is 19.4. The van der Waals surface area contributed by atoms with Crippen molar-refractivity contribution in [2.45, 2.75) is 12.7 Å². The Kier molecular flexibility index (Phi) is 5.63. The highest BCUT2D eigenvalue weighted by Crippen LogP contribution is 2.29. The van der Waals surface area contributed by atoms with Crippen LogP contribution in [0.4, 0.5) is 13.2 Å². The molecule has 1 aromatic heterocycles. The number of carbonyl (C=O) groups excluding carboxylic acids is 1. The maximum atomic E-state index is 12.4. The number of halogens is 3. The number of para-hydroxylation sites is 1. The topological polar surface area (TPSA) is 77.7 Å². The summed E-state index contributed by atoms with van der Waals surface area (Å²) in [4.78, 5) is 11.7. The Labute approximate surface area is 141 Å². The molecule has 0 atom stereocenters. The van der Waals surface area contributed by atoms with Gasteiger partial charge in [0.25, 0.3) is 5.91 Å². The molecule has 10 heteroatoms. The zero-order valence-electron chi connectivity index (χ0n) is 13.4. The van der Waals surface area contributed by atoms with E-state index in [1.165, 1.54) is 20.4 Å². The third-order valence-corrected chi connectivity index (χ3v) is 3.06. The maximum Gasteiger partial charge on any atom is 0.435 e. The fourth-order valence-electron chi connectivity index (χ4n) is 1.97. The molecular weight excluding hydrogens is 341 g/mol.